The van der Waals surface area contributed by atoms with Crippen LogP contribution in [0.5, 0.6) is 0 Å². The Bertz CT molecular complexity index is 680. The summed E-state index contributed by atoms with van der Waals surface area (Å²) in [5.74, 6) is 5.23. The molecule has 5 nitrogen and oxygen atoms in total. The average molecular weight is 265 g/mol. The van der Waals surface area contributed by atoms with Gasteiger partial charge in [0, 0.05) is 11.3 Å². The first kappa shape index (κ1) is 13.5. The fourth-order valence-corrected chi connectivity index (χ4v) is 1.88. The van der Waals surface area contributed by atoms with Gasteiger partial charge in [-0.15, -0.1) is 0 Å². The van der Waals surface area contributed by atoms with Gasteiger partial charge in [0.25, 0.3) is 0 Å². The summed E-state index contributed by atoms with van der Waals surface area (Å²) in [6, 6.07) is 17.0. The van der Waals surface area contributed by atoms with E-state index in [-0.39, 0.29) is 5.70 Å². The molecule has 7 N–H and O–H groups in total. The van der Waals surface area contributed by atoms with Crippen LogP contribution in [0.15, 0.2) is 54.2 Å². The van der Waals surface area contributed by atoms with Gasteiger partial charge in [0.1, 0.15) is 6.07 Å². The van der Waals surface area contributed by atoms with Crippen LogP contribution in [-0.2, 0) is 0 Å². The molecule has 0 aliphatic heterocycles. The number of hydrogen-bond acceptors (Lipinski definition) is 5. The van der Waals surface area contributed by atoms with Crippen LogP contribution in [0, 0.1) is 11.3 Å². The van der Waals surface area contributed by atoms with Crippen molar-refractivity contribution in [1.82, 2.24) is 5.43 Å². The summed E-state index contributed by atoms with van der Waals surface area (Å²) in [5.41, 5.74) is 17.9. The van der Waals surface area contributed by atoms with E-state index >= 15 is 0 Å². The fourth-order valence-electron chi connectivity index (χ4n) is 1.88. The Morgan fingerprint density at radius 1 is 1.05 bits per heavy atom. The van der Waals surface area contributed by atoms with Crippen LogP contribution in [0.4, 0.5) is 5.69 Å². The number of anilines is 1. The molecule has 0 heterocycles. The van der Waals surface area contributed by atoms with Crippen molar-refractivity contribution in [2.24, 2.45) is 11.6 Å². The molecule has 0 atom stereocenters. The lowest BCUT2D eigenvalue weighted by Gasteiger charge is -2.07. The monoisotopic (exact) mass is 265 g/mol. The maximum absolute atomic E-state index is 8.88. The van der Waals surface area contributed by atoms with Crippen molar-refractivity contribution in [3.63, 3.8) is 0 Å². The molecular weight excluding hydrogens is 250 g/mol. The van der Waals surface area contributed by atoms with Gasteiger partial charge in [-0.1, -0.05) is 36.4 Å². The highest BCUT2D eigenvalue weighted by Gasteiger charge is 2.05. The fraction of sp³-hybridized carbons (Fsp3) is 0. The lowest BCUT2D eigenvalue weighted by Crippen LogP contribution is -2.23. The number of hydrogen-bond donors (Lipinski definition) is 4. The number of nitrogens with two attached hydrogens (primary N) is 3. The van der Waals surface area contributed by atoms with Crippen LogP contribution in [0.3, 0.4) is 0 Å². The summed E-state index contributed by atoms with van der Waals surface area (Å²) in [4.78, 5) is 0. The van der Waals surface area contributed by atoms with Crippen LogP contribution in [0.2, 0.25) is 0 Å². The summed E-state index contributed by atoms with van der Waals surface area (Å²) in [6.45, 7) is 0. The molecule has 2 aromatic rings. The molecule has 0 fully saturated rings. The highest BCUT2D eigenvalue weighted by molar-refractivity contribution is 5.73. The zero-order valence-corrected chi connectivity index (χ0v) is 10.8. The minimum Gasteiger partial charge on any atom is -0.399 e. The van der Waals surface area contributed by atoms with Crippen LogP contribution in [-0.4, -0.2) is 0 Å². The molecule has 0 saturated heterocycles. The van der Waals surface area contributed by atoms with Gasteiger partial charge in [-0.05, 0) is 23.3 Å². The zero-order valence-electron chi connectivity index (χ0n) is 10.8. The second kappa shape index (κ2) is 5.78. The molecule has 5 heteroatoms. The van der Waals surface area contributed by atoms with Gasteiger partial charge in [0.2, 0.25) is 0 Å². The van der Waals surface area contributed by atoms with E-state index in [0.717, 1.165) is 16.7 Å². The summed E-state index contributed by atoms with van der Waals surface area (Å²) < 4.78 is 0. The number of hydrazine groups is 1. The second-order valence-corrected chi connectivity index (χ2v) is 4.25. The number of nitrogens with one attached hydrogen (secondary N) is 1. The van der Waals surface area contributed by atoms with Crippen LogP contribution < -0.4 is 22.7 Å². The minimum atomic E-state index is 0.140. The SMILES string of the molecule is N#C/C(NN)=C(/N)c1ccc(-c2cccc(N)c2)cc1. The lowest BCUT2D eigenvalue weighted by molar-refractivity contribution is 0.920. The van der Waals surface area contributed by atoms with Crippen LogP contribution in [0.25, 0.3) is 16.8 Å². The number of allylic oxidation sites excluding steroid dienone is 1. The third-order valence-corrected chi connectivity index (χ3v) is 2.94. The standard InChI is InChI=1S/C15H15N5/c16-9-14(20-19)15(18)11-6-4-10(5-7-11)12-2-1-3-13(17)8-12/h1-8,20H,17-19H2/b15-14-. The molecule has 0 bridgehead atoms. The van der Waals surface area contributed by atoms with Crippen LogP contribution >= 0.6 is 0 Å². The minimum absolute atomic E-state index is 0.140. The maximum atomic E-state index is 8.88. The normalized spacial score (nSPS) is 11.4. The van der Waals surface area contributed by atoms with Crippen molar-refractivity contribution in [3.8, 4) is 17.2 Å². The largest absolute Gasteiger partial charge is 0.399 e. The second-order valence-electron chi connectivity index (χ2n) is 4.25. The van der Waals surface area contributed by atoms with Crippen molar-refractivity contribution in [3.05, 3.63) is 59.8 Å². The van der Waals surface area contributed by atoms with Crippen molar-refractivity contribution in [2.75, 3.05) is 5.73 Å². The molecule has 0 spiro atoms. The quantitative estimate of drug-likeness (QED) is 0.291. The lowest BCUT2D eigenvalue weighted by atomic mass is 10.0. The predicted molar refractivity (Wildman–Crippen MR) is 80.3 cm³/mol. The molecule has 0 radical (unpaired) electrons. The average Bonchev–Trinajstić information content (AvgIpc) is 2.48. The molecular formula is C15H15N5. The van der Waals surface area contributed by atoms with E-state index in [1.54, 1.807) is 0 Å². The molecule has 100 valence electrons. The number of rotatable bonds is 3. The molecule has 0 unspecified atom stereocenters. The Hall–Kier alpha value is -2.97. The van der Waals surface area contributed by atoms with Crippen molar-refractivity contribution in [2.45, 2.75) is 0 Å². The van der Waals surface area contributed by atoms with Crippen molar-refractivity contribution in [1.29, 1.82) is 5.26 Å². The molecule has 0 aliphatic carbocycles. The predicted octanol–water partition coefficient (Wildman–Crippen LogP) is 1.55. The molecule has 20 heavy (non-hydrogen) atoms. The molecule has 0 saturated carbocycles. The molecule has 2 rings (SSSR count). The van der Waals surface area contributed by atoms with E-state index in [9.17, 15) is 0 Å². The van der Waals surface area contributed by atoms with Gasteiger partial charge in [0.15, 0.2) is 5.70 Å². The van der Waals surface area contributed by atoms with Crippen LogP contribution in [0.1, 0.15) is 5.56 Å². The van der Waals surface area contributed by atoms with E-state index in [2.05, 4.69) is 5.43 Å². The summed E-state index contributed by atoms with van der Waals surface area (Å²) in [7, 11) is 0. The van der Waals surface area contributed by atoms with E-state index < -0.39 is 0 Å². The molecule has 0 aromatic heterocycles. The highest BCUT2D eigenvalue weighted by Crippen LogP contribution is 2.23. The third-order valence-electron chi connectivity index (χ3n) is 2.94. The third kappa shape index (κ3) is 2.71. The first-order chi connectivity index (χ1) is 9.65. The van der Waals surface area contributed by atoms with Gasteiger partial charge in [-0.3, -0.25) is 0 Å². The Kier molecular flexibility index (Phi) is 3.89. The zero-order chi connectivity index (χ0) is 14.5. The van der Waals surface area contributed by atoms with Gasteiger partial charge in [0.05, 0.1) is 5.70 Å². The van der Waals surface area contributed by atoms with Crippen molar-refractivity contribution < 1.29 is 0 Å². The van der Waals surface area contributed by atoms with E-state index in [1.165, 1.54) is 0 Å². The molecule has 0 amide bonds. The number of nitrogen functional groups attached to an aromatic ring is 1. The Labute approximate surface area is 117 Å². The Balaban J connectivity index is 2.37. The first-order valence-electron chi connectivity index (χ1n) is 5.98. The maximum Gasteiger partial charge on any atom is 0.151 e. The van der Waals surface area contributed by atoms with Crippen molar-refractivity contribution >= 4 is 11.4 Å². The molecule has 2 aromatic carbocycles. The highest BCUT2D eigenvalue weighted by atomic mass is 15.2. The number of benzene rings is 2. The topological polar surface area (TPSA) is 114 Å². The number of nitriles is 1. The van der Waals surface area contributed by atoms with E-state index in [1.807, 2.05) is 54.6 Å². The number of nitrogens with zero attached hydrogens (tertiary/aromatic N) is 1. The van der Waals surface area contributed by atoms with Gasteiger partial charge >= 0.3 is 0 Å². The summed E-state index contributed by atoms with van der Waals surface area (Å²) in [6.07, 6.45) is 0. The Morgan fingerprint density at radius 3 is 2.30 bits per heavy atom. The summed E-state index contributed by atoms with van der Waals surface area (Å²) in [5, 5.41) is 8.88. The van der Waals surface area contributed by atoms with Gasteiger partial charge < -0.3 is 16.9 Å². The molecule has 0 aliphatic rings. The van der Waals surface area contributed by atoms with E-state index in [0.29, 0.717) is 11.4 Å². The smallest absolute Gasteiger partial charge is 0.151 e. The summed E-state index contributed by atoms with van der Waals surface area (Å²) >= 11 is 0. The Morgan fingerprint density at radius 2 is 1.75 bits per heavy atom. The van der Waals surface area contributed by atoms with E-state index in [4.69, 9.17) is 22.6 Å². The van der Waals surface area contributed by atoms with Gasteiger partial charge in [-0.2, -0.15) is 5.26 Å². The first-order valence-corrected chi connectivity index (χ1v) is 5.98. The van der Waals surface area contributed by atoms with Gasteiger partial charge in [-0.25, -0.2) is 5.84 Å².